The van der Waals surface area contributed by atoms with E-state index in [-0.39, 0.29) is 30.9 Å². The normalized spacial score (nSPS) is 15.1. The molecule has 1 heterocycles. The average Bonchev–Trinajstić information content (AvgIpc) is 3.51. The second kappa shape index (κ2) is 16.9. The Balaban J connectivity index is 0.00000462. The van der Waals surface area contributed by atoms with Gasteiger partial charge < -0.3 is 19.6 Å². The summed E-state index contributed by atoms with van der Waals surface area (Å²) in [7, 11) is 0. The molecule has 1 unspecified atom stereocenters. The van der Waals surface area contributed by atoms with Gasteiger partial charge in [0.2, 0.25) is 0 Å². The zero-order valence-electron chi connectivity index (χ0n) is 23.6. The summed E-state index contributed by atoms with van der Waals surface area (Å²) < 4.78 is 12.2. The first-order valence-electron chi connectivity index (χ1n) is 14.3. The number of aryl methyl sites for hydroxylation is 1. The van der Waals surface area contributed by atoms with Crippen LogP contribution in [0.15, 0.2) is 65.3 Å². The van der Waals surface area contributed by atoms with Crippen LogP contribution >= 0.6 is 11.8 Å². The number of nitrogens with one attached hydrogen (secondary N) is 1. The minimum absolute atomic E-state index is 0. The van der Waals surface area contributed by atoms with Crippen molar-refractivity contribution in [3.63, 3.8) is 0 Å². The number of rotatable bonds is 14. The number of aliphatic carboxylic acids is 1. The number of amides is 1. The molecule has 6 nitrogen and oxygen atoms in total. The van der Waals surface area contributed by atoms with Crippen molar-refractivity contribution in [1.29, 1.82) is 0 Å². The number of carboxylic acids is 1. The Morgan fingerprint density at radius 3 is 2.51 bits per heavy atom. The van der Waals surface area contributed by atoms with Crippen molar-refractivity contribution in [3.8, 4) is 11.1 Å². The van der Waals surface area contributed by atoms with E-state index in [0.29, 0.717) is 24.3 Å². The SMILES string of the molecule is CSCC[C@H](NC(=O)c1ccc(COC(CCC2CCCCC2)c2ccco2)cc1-c1ccccc1C)C(=O)O.[LiH]. The van der Waals surface area contributed by atoms with Crippen LogP contribution in [0.2, 0.25) is 0 Å². The quantitative estimate of drug-likeness (QED) is 0.200. The third-order valence-electron chi connectivity index (χ3n) is 7.85. The molecule has 0 spiro atoms. The fraction of sp³-hybridized carbons (Fsp3) is 0.455. The predicted octanol–water partition coefficient (Wildman–Crippen LogP) is 7.16. The summed E-state index contributed by atoms with van der Waals surface area (Å²) in [6, 6.07) is 16.5. The molecule has 1 fully saturated rings. The van der Waals surface area contributed by atoms with E-state index in [4.69, 9.17) is 9.15 Å². The van der Waals surface area contributed by atoms with Crippen LogP contribution in [0.1, 0.15) is 84.7 Å². The van der Waals surface area contributed by atoms with Crippen molar-refractivity contribution in [1.82, 2.24) is 5.32 Å². The topological polar surface area (TPSA) is 88.8 Å². The second-order valence-corrected chi connectivity index (χ2v) is 11.7. The Labute approximate surface area is 260 Å². The molecule has 1 saturated carbocycles. The van der Waals surface area contributed by atoms with Crippen LogP contribution in [0.3, 0.4) is 0 Å². The molecule has 0 aliphatic heterocycles. The van der Waals surface area contributed by atoms with Crippen LogP contribution in [0.5, 0.6) is 0 Å². The van der Waals surface area contributed by atoms with Gasteiger partial charge in [0.25, 0.3) is 5.91 Å². The van der Waals surface area contributed by atoms with Crippen LogP contribution in [-0.4, -0.2) is 53.9 Å². The van der Waals surface area contributed by atoms with Gasteiger partial charge in [-0.25, -0.2) is 4.79 Å². The van der Waals surface area contributed by atoms with Crippen LogP contribution < -0.4 is 5.32 Å². The van der Waals surface area contributed by atoms with E-state index in [2.05, 4.69) is 5.32 Å². The van der Waals surface area contributed by atoms with E-state index in [9.17, 15) is 14.7 Å². The molecule has 2 aromatic carbocycles. The summed E-state index contributed by atoms with van der Waals surface area (Å²) in [5, 5.41) is 12.4. The number of benzene rings is 2. The summed E-state index contributed by atoms with van der Waals surface area (Å²) >= 11 is 1.56. The number of hydrogen-bond donors (Lipinski definition) is 2. The Morgan fingerprint density at radius 2 is 1.83 bits per heavy atom. The van der Waals surface area contributed by atoms with E-state index in [1.54, 1.807) is 24.1 Å². The van der Waals surface area contributed by atoms with Gasteiger partial charge in [-0.05, 0) is 90.6 Å². The van der Waals surface area contributed by atoms with Gasteiger partial charge in [-0.2, -0.15) is 11.8 Å². The average molecular weight is 572 g/mol. The second-order valence-electron chi connectivity index (χ2n) is 10.7. The van der Waals surface area contributed by atoms with Crippen molar-refractivity contribution in [2.75, 3.05) is 12.0 Å². The predicted molar refractivity (Wildman–Crippen MR) is 168 cm³/mol. The van der Waals surface area contributed by atoms with Crippen molar-refractivity contribution >= 4 is 42.5 Å². The van der Waals surface area contributed by atoms with E-state index in [0.717, 1.165) is 46.8 Å². The maximum absolute atomic E-state index is 13.4. The van der Waals surface area contributed by atoms with E-state index < -0.39 is 12.0 Å². The Morgan fingerprint density at radius 1 is 1.05 bits per heavy atom. The number of carboxylic acid groups (broad SMARTS) is 1. The summed E-state index contributed by atoms with van der Waals surface area (Å²) in [5.74, 6) is 0.833. The van der Waals surface area contributed by atoms with Crippen molar-refractivity contribution in [2.45, 2.75) is 77.0 Å². The van der Waals surface area contributed by atoms with Gasteiger partial charge in [-0.15, -0.1) is 0 Å². The van der Waals surface area contributed by atoms with Crippen molar-refractivity contribution in [2.24, 2.45) is 5.92 Å². The van der Waals surface area contributed by atoms with Gasteiger partial charge in [0.05, 0.1) is 12.9 Å². The van der Waals surface area contributed by atoms with Gasteiger partial charge in [-0.3, -0.25) is 4.79 Å². The molecule has 0 radical (unpaired) electrons. The number of ether oxygens (including phenoxy) is 1. The molecule has 0 saturated heterocycles. The molecule has 8 heteroatoms. The molecular weight excluding hydrogens is 529 g/mol. The first kappa shape index (κ1) is 33.1. The van der Waals surface area contributed by atoms with Crippen LogP contribution in [0.4, 0.5) is 0 Å². The minimum atomic E-state index is -1.03. The van der Waals surface area contributed by atoms with E-state index in [1.807, 2.05) is 61.7 Å². The Kier molecular flexibility index (Phi) is 13.6. The third-order valence-corrected chi connectivity index (χ3v) is 8.50. The summed E-state index contributed by atoms with van der Waals surface area (Å²) in [5.41, 5.74) is 4.13. The first-order chi connectivity index (χ1) is 19.5. The number of hydrogen-bond acceptors (Lipinski definition) is 5. The number of carbonyl (C=O) groups is 2. The van der Waals surface area contributed by atoms with Crippen molar-refractivity contribution in [3.05, 3.63) is 83.3 Å². The fourth-order valence-corrected chi connectivity index (χ4v) is 6.02. The van der Waals surface area contributed by atoms with E-state index in [1.165, 1.54) is 32.1 Å². The molecular formula is C33H42LiNO5S. The van der Waals surface area contributed by atoms with Gasteiger partial charge in [0.1, 0.15) is 17.9 Å². The van der Waals surface area contributed by atoms with Crippen LogP contribution in [0, 0.1) is 12.8 Å². The molecule has 2 atom stereocenters. The van der Waals surface area contributed by atoms with E-state index >= 15 is 0 Å². The molecule has 1 aliphatic carbocycles. The van der Waals surface area contributed by atoms with Gasteiger partial charge >= 0.3 is 24.8 Å². The number of furan rings is 1. The molecule has 3 aromatic rings. The standard InChI is InChI=1S/C33H41NO5S.Li.H/c1-23-9-6-7-12-26(23)28-21-25(14-16-27(28)32(35)34-29(33(36)37)18-20-40-2)22-39-31(30-13-8-19-38-30)17-15-24-10-4-3-5-11-24;;/h6-9,12-14,16,19,21,24,29,31H,3-5,10-11,15,17-18,20,22H2,1-2H3,(H,34,35)(H,36,37);;/t29-,31?;;/m0../s1. The molecule has 1 aliphatic rings. The first-order valence-corrected chi connectivity index (χ1v) is 15.7. The fourth-order valence-electron chi connectivity index (χ4n) is 5.55. The summed E-state index contributed by atoms with van der Waals surface area (Å²) in [6.07, 6.45) is 12.5. The Bertz CT molecular complexity index is 1240. The molecule has 216 valence electrons. The van der Waals surface area contributed by atoms with Gasteiger partial charge in [0.15, 0.2) is 0 Å². The maximum atomic E-state index is 13.4. The van der Waals surface area contributed by atoms with Crippen molar-refractivity contribution < 1.29 is 23.8 Å². The number of carbonyl (C=O) groups excluding carboxylic acids is 1. The molecule has 4 rings (SSSR count). The van der Waals surface area contributed by atoms with Gasteiger partial charge in [0, 0.05) is 5.56 Å². The zero-order valence-corrected chi connectivity index (χ0v) is 24.4. The van der Waals surface area contributed by atoms with Crippen LogP contribution in [-0.2, 0) is 16.1 Å². The third kappa shape index (κ3) is 9.54. The van der Waals surface area contributed by atoms with Gasteiger partial charge in [-0.1, -0.05) is 62.4 Å². The number of thioether (sulfide) groups is 1. The zero-order chi connectivity index (χ0) is 28.3. The summed E-state index contributed by atoms with van der Waals surface area (Å²) in [6.45, 7) is 2.39. The molecule has 0 bridgehead atoms. The molecule has 1 aromatic heterocycles. The van der Waals surface area contributed by atoms with Crippen LogP contribution in [0.25, 0.3) is 11.1 Å². The molecule has 2 N–H and O–H groups in total. The molecule has 1 amide bonds. The molecule has 41 heavy (non-hydrogen) atoms. The summed E-state index contributed by atoms with van der Waals surface area (Å²) in [4.78, 5) is 25.2. The monoisotopic (exact) mass is 571 g/mol. The Hall–Kier alpha value is -2.43.